The second-order valence-electron chi connectivity index (χ2n) is 0.865. The molecule has 0 aromatic heterocycles. The Bertz CT molecular complexity index is 28.7. The van der Waals surface area contributed by atoms with Crippen LogP contribution in [0.1, 0.15) is 0 Å². The highest BCUT2D eigenvalue weighted by atomic mass is 32.0. The third-order valence-electron chi connectivity index (χ3n) is 0.365. The van der Waals surface area contributed by atoms with Crippen molar-refractivity contribution in [1.82, 2.24) is 0 Å². The molecule has 0 bridgehead atoms. The van der Waals surface area contributed by atoms with Crippen LogP contribution in [0.2, 0.25) is 0 Å². The maximum absolute atomic E-state index is 8.41. The maximum atomic E-state index is 8.41. The van der Waals surface area contributed by atoms with Gasteiger partial charge in [-0.15, -0.1) is 8.93 Å². The fourth-order valence-corrected chi connectivity index (χ4v) is 0.474. The number of hydrogen-bond acceptors (Lipinski definition) is 2. The summed E-state index contributed by atoms with van der Waals surface area (Å²) in [5.41, 5.74) is 0. The predicted molar refractivity (Wildman–Crippen MR) is 31.1 cm³/mol. The van der Waals surface area contributed by atoms with Gasteiger partial charge in [-0.05, 0) is 0 Å². The molecule has 0 heterocycles. The van der Waals surface area contributed by atoms with Gasteiger partial charge in [0.25, 0.3) is 0 Å². The molecule has 4 heteroatoms. The van der Waals surface area contributed by atoms with Crippen molar-refractivity contribution in [2.45, 2.75) is 5.85 Å². The molecule has 6 heavy (non-hydrogen) atoms. The smallest absolute Gasteiger partial charge is 0.0966 e. The summed E-state index contributed by atoms with van der Waals surface area (Å²) in [5.74, 6) is -0.519. The van der Waals surface area contributed by atoms with Crippen LogP contribution < -0.4 is 0 Å². The van der Waals surface area contributed by atoms with E-state index in [1.54, 1.807) is 0 Å². The lowest BCUT2D eigenvalue weighted by Gasteiger charge is -1.97. The summed E-state index contributed by atoms with van der Waals surface area (Å²) < 4.78 is 0. The molecule has 0 aliphatic heterocycles. The van der Waals surface area contributed by atoms with Crippen molar-refractivity contribution in [2.75, 3.05) is 6.61 Å². The fraction of sp³-hybridized carbons (Fsp3) is 1.00. The Morgan fingerprint density at radius 1 is 1.83 bits per heavy atom. The first-order chi connectivity index (χ1) is 2.81. The lowest BCUT2D eigenvalue weighted by molar-refractivity contribution is 0.159. The first-order valence-electron chi connectivity index (χ1n) is 1.56. The van der Waals surface area contributed by atoms with Crippen LogP contribution in [-0.2, 0) is 0 Å². The Balaban J connectivity index is 2.75. The fourth-order valence-electron chi connectivity index (χ4n) is 0.0527. The summed E-state index contributed by atoms with van der Waals surface area (Å²) in [4.78, 5) is 0. The zero-order valence-electron chi connectivity index (χ0n) is 3.26. The van der Waals surface area contributed by atoms with Crippen LogP contribution in [0.3, 0.4) is 0 Å². The predicted octanol–water partition coefficient (Wildman–Crippen LogP) is -0.234. The summed E-state index contributed by atoms with van der Waals surface area (Å²) in [6.45, 7) is -0.123. The van der Waals surface area contributed by atoms with Gasteiger partial charge in [0.1, 0.15) is 0 Å². The molecule has 0 aliphatic rings. The molecular formula is C2H8O2P2. The van der Waals surface area contributed by atoms with Crippen molar-refractivity contribution >= 4 is 17.2 Å². The zero-order chi connectivity index (χ0) is 4.99. The molecular weight excluding hydrogens is 118 g/mol. The van der Waals surface area contributed by atoms with E-state index < -0.39 is 5.85 Å². The summed E-state index contributed by atoms with van der Waals surface area (Å²) in [7, 11) is 2.71. The largest absolute Gasteiger partial charge is 0.393 e. The lowest BCUT2D eigenvalue weighted by atomic mass is 10.8. The van der Waals surface area contributed by atoms with E-state index in [-0.39, 0.29) is 6.61 Å². The summed E-state index contributed by atoms with van der Waals surface area (Å²) in [6.07, 6.45) is 0. The van der Waals surface area contributed by atoms with E-state index in [0.717, 1.165) is 0 Å². The van der Waals surface area contributed by atoms with Crippen molar-refractivity contribution in [3.8, 4) is 0 Å². The minimum Gasteiger partial charge on any atom is -0.393 e. The number of aliphatic hydroxyl groups excluding tert-OH is 2. The van der Waals surface area contributed by atoms with Gasteiger partial charge in [-0.3, -0.25) is 0 Å². The van der Waals surface area contributed by atoms with Gasteiger partial charge in [-0.25, -0.2) is 0 Å². The molecule has 3 atom stereocenters. The van der Waals surface area contributed by atoms with E-state index >= 15 is 0 Å². The Morgan fingerprint density at radius 2 is 2.33 bits per heavy atom. The highest BCUT2D eigenvalue weighted by molar-refractivity contribution is 8.03. The van der Waals surface area contributed by atoms with E-state index in [1.165, 1.54) is 0 Å². The molecule has 0 rings (SSSR count). The van der Waals surface area contributed by atoms with Crippen molar-refractivity contribution in [3.63, 3.8) is 0 Å². The highest BCUT2D eigenvalue weighted by Gasteiger charge is 1.92. The number of rotatable bonds is 2. The van der Waals surface area contributed by atoms with Gasteiger partial charge in [-0.1, -0.05) is 8.27 Å². The normalized spacial score (nSPS) is 16.5. The molecule has 0 fully saturated rings. The molecule has 38 valence electrons. The average molecular weight is 126 g/mol. The summed E-state index contributed by atoms with van der Waals surface area (Å²) in [6, 6.07) is 0. The van der Waals surface area contributed by atoms with Gasteiger partial charge >= 0.3 is 0 Å². The second kappa shape index (κ2) is 3.95. The topological polar surface area (TPSA) is 40.5 Å². The third-order valence-corrected chi connectivity index (χ3v) is 2.09. The Morgan fingerprint density at radius 3 is 2.33 bits per heavy atom. The summed E-state index contributed by atoms with van der Waals surface area (Å²) in [5, 5.41) is 16.5. The van der Waals surface area contributed by atoms with Gasteiger partial charge in [0.05, 0.1) is 12.5 Å². The molecule has 2 nitrogen and oxygen atoms in total. The molecule has 0 amide bonds. The van der Waals surface area contributed by atoms with Gasteiger partial charge < -0.3 is 10.2 Å². The SMILES string of the molecule is OCC(O)PP. The highest BCUT2D eigenvalue weighted by Crippen LogP contribution is 2.24. The standard InChI is InChI=1S/C2H8O2P2/c3-1-2(4)6-5/h2-4,6H,1,5H2. The van der Waals surface area contributed by atoms with Crippen LogP contribution in [0.25, 0.3) is 0 Å². The molecule has 0 aromatic carbocycles. The molecule has 3 unspecified atom stereocenters. The van der Waals surface area contributed by atoms with Crippen molar-refractivity contribution < 1.29 is 10.2 Å². The van der Waals surface area contributed by atoms with Crippen LogP contribution in [0.5, 0.6) is 0 Å². The molecule has 0 saturated heterocycles. The number of hydrogen-bond donors (Lipinski definition) is 2. The van der Waals surface area contributed by atoms with Crippen LogP contribution in [0.15, 0.2) is 0 Å². The van der Waals surface area contributed by atoms with Crippen molar-refractivity contribution in [1.29, 1.82) is 0 Å². The molecule has 0 radical (unpaired) electrons. The van der Waals surface area contributed by atoms with Crippen LogP contribution in [0.4, 0.5) is 0 Å². The van der Waals surface area contributed by atoms with Gasteiger partial charge in [-0.2, -0.15) is 0 Å². The number of aliphatic hydroxyl groups is 2. The monoisotopic (exact) mass is 126 g/mol. The quantitative estimate of drug-likeness (QED) is 0.501. The minimum atomic E-state index is -0.519. The molecule has 0 aromatic rings. The first kappa shape index (κ1) is 6.78. The zero-order valence-corrected chi connectivity index (χ0v) is 5.41. The van der Waals surface area contributed by atoms with Crippen molar-refractivity contribution in [2.24, 2.45) is 0 Å². The molecule has 0 spiro atoms. The average Bonchev–Trinajstić information content (AvgIpc) is 1.65. The van der Waals surface area contributed by atoms with Crippen LogP contribution in [-0.4, -0.2) is 22.7 Å². The Hall–Kier alpha value is 0.780. The van der Waals surface area contributed by atoms with E-state index in [9.17, 15) is 0 Å². The van der Waals surface area contributed by atoms with E-state index in [4.69, 9.17) is 10.2 Å². The van der Waals surface area contributed by atoms with Crippen molar-refractivity contribution in [3.05, 3.63) is 0 Å². The first-order valence-corrected chi connectivity index (χ1v) is 4.45. The molecule has 0 saturated carbocycles. The summed E-state index contributed by atoms with van der Waals surface area (Å²) >= 11 is 0. The van der Waals surface area contributed by atoms with E-state index in [2.05, 4.69) is 8.93 Å². The Labute approximate surface area is 40.8 Å². The third kappa shape index (κ3) is 2.99. The Kier molecular flexibility index (Phi) is 4.47. The second-order valence-corrected chi connectivity index (χ2v) is 2.86. The van der Waals surface area contributed by atoms with Gasteiger partial charge in [0.15, 0.2) is 0 Å². The van der Waals surface area contributed by atoms with E-state index in [0.29, 0.717) is 8.27 Å². The lowest BCUT2D eigenvalue weighted by Crippen LogP contribution is -2.00. The van der Waals surface area contributed by atoms with E-state index in [1.807, 2.05) is 0 Å². The minimum absolute atomic E-state index is 0.123. The van der Waals surface area contributed by atoms with Gasteiger partial charge in [0, 0.05) is 0 Å². The molecule has 0 aliphatic carbocycles. The van der Waals surface area contributed by atoms with Crippen LogP contribution in [0, 0.1) is 0 Å². The van der Waals surface area contributed by atoms with Gasteiger partial charge in [0.2, 0.25) is 0 Å². The molecule has 2 N–H and O–H groups in total. The maximum Gasteiger partial charge on any atom is 0.0966 e. The van der Waals surface area contributed by atoms with Crippen LogP contribution >= 0.6 is 17.2 Å².